The van der Waals surface area contributed by atoms with Crippen molar-refractivity contribution < 1.29 is 32.7 Å². The molecule has 3 N–H and O–H groups in total. The monoisotopic (exact) mass is 562 g/mol. The first-order valence-corrected chi connectivity index (χ1v) is 13.9. The van der Waals surface area contributed by atoms with Crippen molar-refractivity contribution in [3.63, 3.8) is 0 Å². The van der Waals surface area contributed by atoms with E-state index < -0.39 is 58.7 Å². The number of anilines is 1. The van der Waals surface area contributed by atoms with Gasteiger partial charge in [0.15, 0.2) is 6.17 Å². The number of carboxylic acids is 1. The topological polar surface area (TPSA) is 162 Å². The summed E-state index contributed by atoms with van der Waals surface area (Å²) in [6.07, 6.45) is -1.96. The quantitative estimate of drug-likeness (QED) is 0.298. The molecule has 3 aromatic carbocycles. The molecule has 0 bridgehead atoms. The Morgan fingerprint density at radius 2 is 1.60 bits per heavy atom. The van der Waals surface area contributed by atoms with Crippen LogP contribution in [0.3, 0.4) is 0 Å². The van der Waals surface area contributed by atoms with Crippen LogP contribution in [-0.2, 0) is 35.0 Å². The molecule has 3 aromatic rings. The Morgan fingerprint density at radius 1 is 0.975 bits per heavy atom. The van der Waals surface area contributed by atoms with Gasteiger partial charge >= 0.3 is 5.97 Å². The second-order valence-electron chi connectivity index (χ2n) is 8.96. The van der Waals surface area contributed by atoms with Crippen LogP contribution in [0.25, 0.3) is 0 Å². The Balaban J connectivity index is 1.73. The van der Waals surface area contributed by atoms with E-state index >= 15 is 0 Å². The van der Waals surface area contributed by atoms with Gasteiger partial charge in [-0.1, -0.05) is 78.9 Å². The number of hydrogen-bond donors (Lipinski definition) is 3. The van der Waals surface area contributed by atoms with Gasteiger partial charge in [0.2, 0.25) is 15.9 Å². The summed E-state index contributed by atoms with van der Waals surface area (Å²) in [6.45, 7) is -0.617. The maximum atomic E-state index is 13.8. The molecule has 0 saturated carbocycles. The number of benzodiazepines with no additional fused rings is 1. The summed E-state index contributed by atoms with van der Waals surface area (Å²) in [5.74, 6) is -3.33. The molecule has 0 fully saturated rings. The molecule has 12 heteroatoms. The van der Waals surface area contributed by atoms with Crippen LogP contribution in [0.5, 0.6) is 0 Å². The summed E-state index contributed by atoms with van der Waals surface area (Å²) in [6, 6.07) is 22.6. The number of fused-ring (bicyclic) bond motifs is 1. The lowest BCUT2D eigenvalue weighted by Gasteiger charge is -2.25. The first-order chi connectivity index (χ1) is 19.2. The highest BCUT2D eigenvalue weighted by Crippen LogP contribution is 2.28. The summed E-state index contributed by atoms with van der Waals surface area (Å²) < 4.78 is 28.6. The second kappa shape index (κ2) is 12.5. The number of carbonyl (C=O) groups is 4. The minimum atomic E-state index is -4.08. The van der Waals surface area contributed by atoms with Gasteiger partial charge in [-0.25, -0.2) is 8.42 Å². The molecule has 0 saturated heterocycles. The smallest absolute Gasteiger partial charge is 0.305 e. The average molecular weight is 563 g/mol. The van der Waals surface area contributed by atoms with E-state index in [1.807, 2.05) is 0 Å². The first-order valence-electron chi connectivity index (χ1n) is 12.2. The van der Waals surface area contributed by atoms with Gasteiger partial charge in [-0.15, -0.1) is 0 Å². The van der Waals surface area contributed by atoms with Crippen molar-refractivity contribution in [2.45, 2.75) is 24.4 Å². The van der Waals surface area contributed by atoms with E-state index in [0.717, 1.165) is 4.90 Å². The number of aliphatic imine (C=N–C) groups is 1. The van der Waals surface area contributed by atoms with Gasteiger partial charge in [-0.05, 0) is 11.6 Å². The van der Waals surface area contributed by atoms with Gasteiger partial charge in [-0.3, -0.25) is 24.3 Å². The number of nitrogens with zero attached hydrogens (tertiary/aromatic N) is 2. The molecule has 0 aromatic heterocycles. The number of hydrogen-bond acceptors (Lipinski definition) is 7. The van der Waals surface area contributed by atoms with Crippen LogP contribution in [0.2, 0.25) is 0 Å². The molecule has 1 heterocycles. The van der Waals surface area contributed by atoms with Crippen LogP contribution in [0.15, 0.2) is 89.9 Å². The Kier molecular flexibility index (Phi) is 8.82. The van der Waals surface area contributed by atoms with Crippen LogP contribution < -0.4 is 14.9 Å². The number of benzene rings is 3. The third kappa shape index (κ3) is 7.04. The van der Waals surface area contributed by atoms with Crippen molar-refractivity contribution >= 4 is 45.5 Å². The zero-order valence-electron chi connectivity index (χ0n) is 21.1. The predicted octanol–water partition coefficient (Wildman–Crippen LogP) is 1.47. The number of carbonyl (C=O) groups excluding carboxylic acids is 3. The van der Waals surface area contributed by atoms with Gasteiger partial charge < -0.3 is 15.2 Å². The molecule has 206 valence electrons. The highest BCUT2D eigenvalue weighted by Gasteiger charge is 2.35. The number of aliphatic carboxylic acids is 1. The number of amides is 2. The fourth-order valence-electron chi connectivity index (χ4n) is 4.22. The van der Waals surface area contributed by atoms with Crippen LogP contribution in [-0.4, -0.2) is 62.1 Å². The average Bonchev–Trinajstić information content (AvgIpc) is 3.03. The molecule has 0 radical (unpaired) electrons. The molecular formula is C28H26N4O7S. The third-order valence-electron chi connectivity index (χ3n) is 5.95. The molecule has 2 atom stereocenters. The maximum Gasteiger partial charge on any atom is 0.305 e. The largest absolute Gasteiger partial charge is 0.481 e. The van der Waals surface area contributed by atoms with Gasteiger partial charge in [0.1, 0.15) is 12.8 Å². The molecule has 11 nitrogen and oxygen atoms in total. The van der Waals surface area contributed by atoms with Crippen molar-refractivity contribution in [3.05, 3.63) is 102 Å². The van der Waals surface area contributed by atoms with E-state index in [9.17, 15) is 27.6 Å². The molecule has 0 spiro atoms. The zero-order valence-corrected chi connectivity index (χ0v) is 22.0. The molecule has 0 aliphatic carbocycles. The van der Waals surface area contributed by atoms with Crippen molar-refractivity contribution in [1.29, 1.82) is 0 Å². The SMILES string of the molecule is O=C[C@H](CC(=O)O)NC(=O)CN1C(=O)C(NS(=O)(=O)Cc2ccccc2)N=C(c2ccccc2)c2ccccc21. The lowest BCUT2D eigenvalue weighted by atomic mass is 10.0. The molecule has 4 rings (SSSR count). The number of nitrogens with one attached hydrogen (secondary N) is 2. The number of rotatable bonds is 11. The van der Waals surface area contributed by atoms with E-state index in [0.29, 0.717) is 28.7 Å². The second-order valence-corrected chi connectivity index (χ2v) is 10.7. The van der Waals surface area contributed by atoms with E-state index in [2.05, 4.69) is 15.0 Å². The molecule has 1 unspecified atom stereocenters. The zero-order chi connectivity index (χ0) is 28.7. The van der Waals surface area contributed by atoms with Gasteiger partial charge in [0, 0.05) is 11.1 Å². The summed E-state index contributed by atoms with van der Waals surface area (Å²) in [5, 5.41) is 11.3. The molecule has 2 amide bonds. The van der Waals surface area contributed by atoms with E-state index in [4.69, 9.17) is 5.11 Å². The summed E-state index contributed by atoms with van der Waals surface area (Å²) >= 11 is 0. The Labute approximate surface area is 230 Å². The van der Waals surface area contributed by atoms with Crippen molar-refractivity contribution in [1.82, 2.24) is 10.0 Å². The first kappa shape index (κ1) is 28.3. The lowest BCUT2D eigenvalue weighted by Crippen LogP contribution is -2.51. The predicted molar refractivity (Wildman–Crippen MR) is 147 cm³/mol. The fourth-order valence-corrected chi connectivity index (χ4v) is 5.43. The standard InChI is InChI=1S/C28H26N4O7S/c33-17-21(15-25(35)36)29-24(34)16-32-23-14-8-7-13-22(23)26(20-11-5-2-6-12-20)30-27(28(32)37)31-40(38,39)18-19-9-3-1-4-10-19/h1-14,17,21,27,31H,15-16,18H2,(H,29,34)(H,35,36)/t21-,27?/m0/s1. The van der Waals surface area contributed by atoms with Gasteiger partial charge in [0.25, 0.3) is 5.91 Å². The Bertz CT molecular complexity index is 1540. The maximum absolute atomic E-state index is 13.8. The summed E-state index contributed by atoms with van der Waals surface area (Å²) in [4.78, 5) is 54.6. The fraction of sp³-hybridized carbons (Fsp3) is 0.179. The van der Waals surface area contributed by atoms with E-state index in [-0.39, 0.29) is 5.69 Å². The minimum Gasteiger partial charge on any atom is -0.481 e. The highest BCUT2D eigenvalue weighted by atomic mass is 32.2. The van der Waals surface area contributed by atoms with Crippen LogP contribution in [0, 0.1) is 0 Å². The van der Waals surface area contributed by atoms with E-state index in [1.165, 1.54) is 0 Å². The van der Waals surface area contributed by atoms with Crippen LogP contribution >= 0.6 is 0 Å². The summed E-state index contributed by atoms with van der Waals surface area (Å²) in [5.41, 5.74) is 2.20. The van der Waals surface area contributed by atoms with Crippen molar-refractivity contribution in [2.75, 3.05) is 11.4 Å². The lowest BCUT2D eigenvalue weighted by molar-refractivity contribution is -0.138. The number of aldehydes is 1. The summed E-state index contributed by atoms with van der Waals surface area (Å²) in [7, 11) is -4.08. The number of carboxylic acid groups (broad SMARTS) is 1. The van der Waals surface area contributed by atoms with Gasteiger partial charge in [-0.2, -0.15) is 4.72 Å². The molecule has 40 heavy (non-hydrogen) atoms. The molecule has 1 aliphatic rings. The van der Waals surface area contributed by atoms with Crippen molar-refractivity contribution in [2.24, 2.45) is 4.99 Å². The third-order valence-corrected chi connectivity index (χ3v) is 7.25. The molecular weight excluding hydrogens is 536 g/mol. The number of para-hydroxylation sites is 1. The van der Waals surface area contributed by atoms with Crippen LogP contribution in [0.4, 0.5) is 5.69 Å². The minimum absolute atomic E-state index is 0.288. The van der Waals surface area contributed by atoms with Gasteiger partial charge in [0.05, 0.1) is 29.6 Å². The normalized spacial score (nSPS) is 15.8. The number of sulfonamides is 1. The van der Waals surface area contributed by atoms with Crippen LogP contribution in [0.1, 0.15) is 23.1 Å². The molecule has 1 aliphatic heterocycles. The Hall–Kier alpha value is -4.68. The van der Waals surface area contributed by atoms with E-state index in [1.54, 1.807) is 84.9 Å². The highest BCUT2D eigenvalue weighted by molar-refractivity contribution is 7.88. The van der Waals surface area contributed by atoms with Crippen molar-refractivity contribution in [3.8, 4) is 0 Å². The Morgan fingerprint density at radius 3 is 2.25 bits per heavy atom.